The third-order valence-electron chi connectivity index (χ3n) is 2.43. The molecule has 0 saturated heterocycles. The van der Waals surface area contributed by atoms with Gasteiger partial charge < -0.3 is 10.4 Å². The van der Waals surface area contributed by atoms with E-state index in [1.165, 1.54) is 17.8 Å². The Morgan fingerprint density at radius 1 is 1.30 bits per heavy atom. The highest BCUT2D eigenvalue weighted by molar-refractivity contribution is 7.99. The Labute approximate surface area is 120 Å². The summed E-state index contributed by atoms with van der Waals surface area (Å²) in [4.78, 5) is 27.1. The van der Waals surface area contributed by atoms with Crippen LogP contribution < -0.4 is 16.8 Å². The number of hydrazine groups is 1. The van der Waals surface area contributed by atoms with Gasteiger partial charge in [0.2, 0.25) is 0 Å². The first-order chi connectivity index (χ1) is 9.47. The van der Waals surface area contributed by atoms with E-state index in [-0.39, 0.29) is 11.5 Å². The van der Waals surface area contributed by atoms with Crippen molar-refractivity contribution in [1.82, 2.24) is 19.9 Å². The number of rotatable bonds is 4. The highest BCUT2D eigenvalue weighted by Gasteiger charge is 2.10. The topological polar surface area (TPSA) is 110 Å². The van der Waals surface area contributed by atoms with Crippen LogP contribution in [0.5, 0.6) is 0 Å². The van der Waals surface area contributed by atoms with Crippen LogP contribution >= 0.6 is 11.8 Å². The van der Waals surface area contributed by atoms with Gasteiger partial charge in [-0.3, -0.25) is 4.79 Å². The highest BCUT2D eigenvalue weighted by Crippen LogP contribution is 2.25. The molecule has 0 spiro atoms. The number of nitrogens with two attached hydrogens (primary N) is 1. The average molecular weight is 292 g/mol. The van der Waals surface area contributed by atoms with E-state index in [1.54, 1.807) is 13.0 Å². The van der Waals surface area contributed by atoms with Crippen LogP contribution in [0.3, 0.4) is 0 Å². The number of aromatic nitrogens is 4. The van der Waals surface area contributed by atoms with Gasteiger partial charge >= 0.3 is 0 Å². The molecule has 2 aromatic rings. The first-order valence-corrected chi connectivity index (χ1v) is 6.91. The minimum atomic E-state index is -0.185. The summed E-state index contributed by atoms with van der Waals surface area (Å²) in [6, 6.07) is 3.15. The van der Waals surface area contributed by atoms with Crippen molar-refractivity contribution in [1.29, 1.82) is 0 Å². The summed E-state index contributed by atoms with van der Waals surface area (Å²) in [5.74, 6) is 6.79. The van der Waals surface area contributed by atoms with E-state index in [0.29, 0.717) is 27.5 Å². The van der Waals surface area contributed by atoms with E-state index >= 15 is 0 Å². The molecule has 0 aliphatic carbocycles. The van der Waals surface area contributed by atoms with Gasteiger partial charge in [0.1, 0.15) is 16.7 Å². The molecule has 7 nitrogen and oxygen atoms in total. The number of hydrogen-bond acceptors (Lipinski definition) is 7. The molecule has 0 aliphatic heterocycles. The third-order valence-corrected chi connectivity index (χ3v) is 3.24. The van der Waals surface area contributed by atoms with Crippen molar-refractivity contribution < 1.29 is 0 Å². The number of nitrogen functional groups attached to an aromatic ring is 1. The lowest BCUT2D eigenvalue weighted by molar-refractivity contribution is 0.753. The normalized spacial score (nSPS) is 10.8. The van der Waals surface area contributed by atoms with Gasteiger partial charge in [-0.15, -0.1) is 0 Å². The van der Waals surface area contributed by atoms with Gasteiger partial charge in [0.25, 0.3) is 5.56 Å². The second kappa shape index (κ2) is 6.02. The van der Waals surface area contributed by atoms with E-state index in [4.69, 9.17) is 5.84 Å². The van der Waals surface area contributed by atoms with Gasteiger partial charge in [0.05, 0.1) is 0 Å². The van der Waals surface area contributed by atoms with Crippen LogP contribution in [-0.2, 0) is 0 Å². The zero-order chi connectivity index (χ0) is 14.7. The minimum absolute atomic E-state index is 0.173. The van der Waals surface area contributed by atoms with E-state index < -0.39 is 0 Å². The first-order valence-electron chi connectivity index (χ1n) is 6.09. The SMILES string of the molecule is Cc1cc(=O)[nH]c(Sc2cc(NN)nc(C(C)C)n2)n1. The summed E-state index contributed by atoms with van der Waals surface area (Å²) < 4.78 is 0. The molecule has 0 bridgehead atoms. The quantitative estimate of drug-likeness (QED) is 0.338. The Hall–Kier alpha value is -1.93. The van der Waals surface area contributed by atoms with Gasteiger partial charge in [-0.2, -0.15) is 0 Å². The Bertz CT molecular complexity index is 669. The summed E-state index contributed by atoms with van der Waals surface area (Å²) in [5.41, 5.74) is 2.99. The lowest BCUT2D eigenvalue weighted by Gasteiger charge is -2.09. The third kappa shape index (κ3) is 3.55. The van der Waals surface area contributed by atoms with Crippen molar-refractivity contribution in [3.8, 4) is 0 Å². The van der Waals surface area contributed by atoms with Gasteiger partial charge in [-0.25, -0.2) is 20.8 Å². The van der Waals surface area contributed by atoms with E-state index in [9.17, 15) is 4.79 Å². The maximum Gasteiger partial charge on any atom is 0.251 e. The lowest BCUT2D eigenvalue weighted by Crippen LogP contribution is -2.12. The number of anilines is 1. The first kappa shape index (κ1) is 14.5. The fourth-order valence-electron chi connectivity index (χ4n) is 1.53. The number of nitrogens with zero attached hydrogens (tertiary/aromatic N) is 3. The summed E-state index contributed by atoms with van der Waals surface area (Å²) >= 11 is 1.26. The smallest absolute Gasteiger partial charge is 0.251 e. The van der Waals surface area contributed by atoms with Crippen molar-refractivity contribution in [3.05, 3.63) is 34.0 Å². The van der Waals surface area contributed by atoms with Gasteiger partial charge in [-0.1, -0.05) is 13.8 Å². The monoisotopic (exact) mass is 292 g/mol. The Morgan fingerprint density at radius 2 is 2.05 bits per heavy atom. The number of H-pyrrole nitrogens is 1. The van der Waals surface area contributed by atoms with Crippen LogP contribution in [0.2, 0.25) is 0 Å². The van der Waals surface area contributed by atoms with Crippen LogP contribution in [0.15, 0.2) is 27.1 Å². The van der Waals surface area contributed by atoms with Crippen LogP contribution in [0.4, 0.5) is 5.82 Å². The summed E-state index contributed by atoms with van der Waals surface area (Å²) in [6.45, 7) is 5.76. The number of nitrogens with one attached hydrogen (secondary N) is 2. The van der Waals surface area contributed by atoms with Gasteiger partial charge in [0, 0.05) is 23.7 Å². The van der Waals surface area contributed by atoms with Crippen molar-refractivity contribution in [2.45, 2.75) is 36.9 Å². The maximum atomic E-state index is 11.4. The fourth-order valence-corrected chi connectivity index (χ4v) is 2.38. The Morgan fingerprint density at radius 3 is 2.65 bits per heavy atom. The molecule has 2 rings (SSSR count). The van der Waals surface area contributed by atoms with Crippen molar-refractivity contribution in [2.75, 3.05) is 5.43 Å². The second-order valence-corrected chi connectivity index (χ2v) is 5.55. The molecule has 20 heavy (non-hydrogen) atoms. The molecule has 2 aromatic heterocycles. The van der Waals surface area contributed by atoms with Crippen molar-refractivity contribution in [3.63, 3.8) is 0 Å². The molecule has 0 aromatic carbocycles. The molecule has 0 aliphatic rings. The van der Waals surface area contributed by atoms with Crippen LogP contribution in [0.25, 0.3) is 0 Å². The zero-order valence-electron chi connectivity index (χ0n) is 11.5. The molecule has 106 valence electrons. The van der Waals surface area contributed by atoms with Crippen LogP contribution in [0, 0.1) is 6.92 Å². The van der Waals surface area contributed by atoms with Gasteiger partial charge in [0.15, 0.2) is 5.16 Å². The standard InChI is InChI=1S/C12H16N6OS/c1-6(2)11-15-8(18-13)5-10(17-11)20-12-14-7(3)4-9(19)16-12/h4-6H,13H2,1-3H3,(H,14,16,19)(H,15,17,18). The molecule has 0 fully saturated rings. The number of aromatic amines is 1. The largest absolute Gasteiger partial charge is 0.308 e. The van der Waals surface area contributed by atoms with Crippen molar-refractivity contribution in [2.24, 2.45) is 5.84 Å². The summed E-state index contributed by atoms with van der Waals surface area (Å²) in [5, 5.41) is 1.16. The minimum Gasteiger partial charge on any atom is -0.308 e. The molecule has 0 amide bonds. The molecule has 0 unspecified atom stereocenters. The van der Waals surface area contributed by atoms with Crippen LogP contribution in [-0.4, -0.2) is 19.9 Å². The molecular formula is C12H16N6OS. The lowest BCUT2D eigenvalue weighted by atomic mass is 10.2. The van der Waals surface area contributed by atoms with Crippen molar-refractivity contribution >= 4 is 17.6 Å². The van der Waals surface area contributed by atoms with Gasteiger partial charge in [-0.05, 0) is 18.7 Å². The number of aryl methyl sites for hydroxylation is 1. The molecule has 0 atom stereocenters. The second-order valence-electron chi connectivity index (χ2n) is 4.54. The summed E-state index contributed by atoms with van der Waals surface area (Å²) in [7, 11) is 0. The molecule has 2 heterocycles. The fraction of sp³-hybridized carbons (Fsp3) is 0.333. The Kier molecular flexibility index (Phi) is 4.35. The molecule has 0 radical (unpaired) electrons. The molecule has 8 heteroatoms. The number of hydrogen-bond donors (Lipinski definition) is 3. The van der Waals surface area contributed by atoms with E-state index in [0.717, 1.165) is 0 Å². The van der Waals surface area contributed by atoms with E-state index in [2.05, 4.69) is 25.4 Å². The highest BCUT2D eigenvalue weighted by atomic mass is 32.2. The average Bonchev–Trinajstić information content (AvgIpc) is 2.36. The Balaban J connectivity index is 2.37. The summed E-state index contributed by atoms with van der Waals surface area (Å²) in [6.07, 6.45) is 0. The van der Waals surface area contributed by atoms with Crippen LogP contribution in [0.1, 0.15) is 31.3 Å². The predicted octanol–water partition coefficient (Wildman–Crippen LogP) is 1.43. The predicted molar refractivity (Wildman–Crippen MR) is 77.6 cm³/mol. The zero-order valence-corrected chi connectivity index (χ0v) is 12.3. The molecular weight excluding hydrogens is 276 g/mol. The molecule has 0 saturated carbocycles. The maximum absolute atomic E-state index is 11.4. The van der Waals surface area contributed by atoms with E-state index in [1.807, 2.05) is 13.8 Å². The molecule has 4 N–H and O–H groups in total.